The van der Waals surface area contributed by atoms with Crippen molar-refractivity contribution >= 4 is 0 Å². The molecule has 1 N–H and O–H groups in total. The van der Waals surface area contributed by atoms with Crippen molar-refractivity contribution in [2.75, 3.05) is 0 Å². The first kappa shape index (κ1) is 15.3. The molecule has 1 aromatic rings. The maximum Gasteiger partial charge on any atom is 1.00 e. The van der Waals surface area contributed by atoms with Crippen LogP contribution in [0.25, 0.3) is 0 Å². The van der Waals surface area contributed by atoms with Gasteiger partial charge < -0.3 is 20.4 Å². The molecule has 0 atom stereocenters. The Balaban J connectivity index is 0. The van der Waals surface area contributed by atoms with Gasteiger partial charge in [0.15, 0.2) is 0 Å². The Labute approximate surface area is 118 Å². The van der Waals surface area contributed by atoms with Gasteiger partial charge in [-0.3, -0.25) is 0 Å². The van der Waals surface area contributed by atoms with E-state index >= 15 is 0 Å². The molecule has 0 radical (unpaired) electrons. The molecule has 0 fully saturated rings. The van der Waals surface area contributed by atoms with Gasteiger partial charge in [-0.15, -0.1) is 0 Å². The molecule has 1 rings (SSSR count). The van der Waals surface area contributed by atoms with E-state index in [1.54, 1.807) is 6.07 Å². The molecule has 0 aliphatic carbocycles. The Hall–Kier alpha value is -0.144. The Morgan fingerprint density at radius 2 is 1.69 bits per heavy atom. The first-order valence-electron chi connectivity index (χ1n) is 3.10. The molecule has 0 aromatic heterocycles. The molecule has 0 spiro atoms. The smallest absolute Gasteiger partial charge is 0.508 e. The summed E-state index contributed by atoms with van der Waals surface area (Å²) < 4.78 is 0. The molecule has 0 amide bonds. The number of rotatable bonds is 0. The van der Waals surface area contributed by atoms with E-state index in [-0.39, 0.29) is 51.4 Å². The SMILES string of the molecule is Cc1ccccc1O.O=[N+]([O-])[O-].[K+]. The number of phenols is 1. The molecule has 5 nitrogen and oxygen atoms in total. The van der Waals surface area contributed by atoms with Crippen molar-refractivity contribution in [1.29, 1.82) is 0 Å². The topological polar surface area (TPSA) is 86.4 Å². The van der Waals surface area contributed by atoms with E-state index in [1.165, 1.54) is 0 Å². The molecule has 0 saturated carbocycles. The maximum absolute atomic E-state index is 8.92. The Morgan fingerprint density at radius 3 is 1.92 bits per heavy atom. The Kier molecular flexibility index (Phi) is 9.97. The van der Waals surface area contributed by atoms with Crippen LogP contribution in [0.5, 0.6) is 5.75 Å². The first-order chi connectivity index (χ1) is 5.54. The number of aryl methyl sites for hydroxylation is 1. The zero-order valence-corrected chi connectivity index (χ0v) is 10.6. The van der Waals surface area contributed by atoms with Gasteiger partial charge in [-0.05, 0) is 18.6 Å². The third-order valence-electron chi connectivity index (χ3n) is 1.12. The molecule has 0 bridgehead atoms. The van der Waals surface area contributed by atoms with Crippen molar-refractivity contribution in [1.82, 2.24) is 0 Å². The Morgan fingerprint density at radius 1 is 1.31 bits per heavy atom. The van der Waals surface area contributed by atoms with Crippen molar-refractivity contribution < 1.29 is 61.6 Å². The fourth-order valence-electron chi connectivity index (χ4n) is 0.563. The summed E-state index contributed by atoms with van der Waals surface area (Å²) in [5.74, 6) is 0.368. The summed E-state index contributed by atoms with van der Waals surface area (Å²) in [5.41, 5.74) is 0.924. The number of para-hydroxylation sites is 1. The number of hydrogen-bond donors (Lipinski definition) is 1. The molecule has 0 aliphatic rings. The fraction of sp³-hybridized carbons (Fsp3) is 0.143. The van der Waals surface area contributed by atoms with E-state index < -0.39 is 5.09 Å². The maximum atomic E-state index is 8.92. The number of aromatic hydroxyl groups is 1. The average Bonchev–Trinajstić information content (AvgIpc) is 1.94. The number of benzene rings is 1. The summed E-state index contributed by atoms with van der Waals surface area (Å²) in [6.07, 6.45) is 0. The van der Waals surface area contributed by atoms with Crippen LogP contribution in [-0.4, -0.2) is 10.2 Å². The van der Waals surface area contributed by atoms with Crippen molar-refractivity contribution in [2.45, 2.75) is 6.92 Å². The summed E-state index contributed by atoms with van der Waals surface area (Å²) in [4.78, 5) is 8.25. The van der Waals surface area contributed by atoms with Gasteiger partial charge in [0.2, 0.25) is 0 Å². The van der Waals surface area contributed by atoms with Crippen molar-refractivity contribution in [3.05, 3.63) is 45.2 Å². The van der Waals surface area contributed by atoms with Gasteiger partial charge >= 0.3 is 51.4 Å². The summed E-state index contributed by atoms with van der Waals surface area (Å²) in [6, 6.07) is 7.25. The second kappa shape index (κ2) is 8.45. The van der Waals surface area contributed by atoms with Crippen LogP contribution in [0.3, 0.4) is 0 Å². The van der Waals surface area contributed by atoms with E-state index in [1.807, 2.05) is 25.1 Å². The van der Waals surface area contributed by atoms with Crippen LogP contribution in [0.2, 0.25) is 0 Å². The standard InChI is InChI=1S/C7H8O.K.NO3/c1-6-4-2-3-5-7(6)8;;2-1(3)4/h2-5,8H,1H3;;/q;+1;-1. The predicted molar refractivity (Wildman–Crippen MR) is 43.2 cm³/mol. The largest absolute Gasteiger partial charge is 1.00 e. The minimum atomic E-state index is -1.75. The van der Waals surface area contributed by atoms with Gasteiger partial charge in [0.05, 0.1) is 5.09 Å². The van der Waals surface area contributed by atoms with E-state index in [2.05, 4.69) is 0 Å². The number of nitrogens with zero attached hydrogens (tertiary/aromatic N) is 1. The third kappa shape index (κ3) is 9.77. The van der Waals surface area contributed by atoms with Crippen LogP contribution in [0.15, 0.2) is 24.3 Å². The molecule has 66 valence electrons. The van der Waals surface area contributed by atoms with Crippen LogP contribution in [-0.2, 0) is 0 Å². The van der Waals surface area contributed by atoms with E-state index in [9.17, 15) is 0 Å². The van der Waals surface area contributed by atoms with Gasteiger partial charge in [0.25, 0.3) is 0 Å². The zero-order chi connectivity index (χ0) is 9.56. The third-order valence-corrected chi connectivity index (χ3v) is 1.12. The minimum Gasteiger partial charge on any atom is -0.508 e. The van der Waals surface area contributed by atoms with Crippen LogP contribution >= 0.6 is 0 Å². The summed E-state index contributed by atoms with van der Waals surface area (Å²) in [6.45, 7) is 1.87. The summed E-state index contributed by atoms with van der Waals surface area (Å²) >= 11 is 0. The van der Waals surface area contributed by atoms with Crippen molar-refractivity contribution in [3.63, 3.8) is 0 Å². The molecule has 0 heterocycles. The van der Waals surface area contributed by atoms with E-state index in [0.717, 1.165) is 5.56 Å². The van der Waals surface area contributed by atoms with E-state index in [0.29, 0.717) is 5.75 Å². The van der Waals surface area contributed by atoms with Gasteiger partial charge in [-0.2, -0.15) is 0 Å². The monoisotopic (exact) mass is 209 g/mol. The molecular weight excluding hydrogens is 201 g/mol. The fourth-order valence-corrected chi connectivity index (χ4v) is 0.563. The molecular formula is C7H8KNO4. The molecule has 0 aliphatic heterocycles. The minimum absolute atomic E-state index is 0. The van der Waals surface area contributed by atoms with Crippen LogP contribution < -0.4 is 51.4 Å². The zero-order valence-electron chi connectivity index (χ0n) is 7.43. The molecule has 13 heavy (non-hydrogen) atoms. The van der Waals surface area contributed by atoms with E-state index in [4.69, 9.17) is 20.4 Å². The molecule has 6 heteroatoms. The normalized spacial score (nSPS) is 7.46. The van der Waals surface area contributed by atoms with Gasteiger partial charge in [-0.25, -0.2) is 0 Å². The van der Waals surface area contributed by atoms with Crippen LogP contribution in [0.1, 0.15) is 5.56 Å². The number of hydrogen-bond acceptors (Lipinski definition) is 4. The van der Waals surface area contributed by atoms with Crippen LogP contribution in [0.4, 0.5) is 0 Å². The summed E-state index contributed by atoms with van der Waals surface area (Å²) in [7, 11) is 0. The second-order valence-corrected chi connectivity index (χ2v) is 2.01. The molecule has 0 unspecified atom stereocenters. The molecule has 1 aromatic carbocycles. The quantitative estimate of drug-likeness (QED) is 0.319. The second-order valence-electron chi connectivity index (χ2n) is 2.01. The average molecular weight is 209 g/mol. The first-order valence-corrected chi connectivity index (χ1v) is 3.10. The van der Waals surface area contributed by atoms with Gasteiger partial charge in [0.1, 0.15) is 5.75 Å². The van der Waals surface area contributed by atoms with Crippen LogP contribution in [0, 0.1) is 22.2 Å². The predicted octanol–water partition coefficient (Wildman–Crippen LogP) is -1.53. The van der Waals surface area contributed by atoms with Gasteiger partial charge in [0, 0.05) is 0 Å². The Bertz CT molecular complexity index is 241. The van der Waals surface area contributed by atoms with Crippen molar-refractivity contribution in [3.8, 4) is 5.75 Å². The number of phenolic OH excluding ortho intramolecular Hbond substituents is 1. The summed E-state index contributed by atoms with van der Waals surface area (Å²) in [5, 5.41) is 23.7. The van der Waals surface area contributed by atoms with Gasteiger partial charge in [-0.1, -0.05) is 18.2 Å². The van der Waals surface area contributed by atoms with Crippen molar-refractivity contribution in [2.24, 2.45) is 0 Å². The molecule has 0 saturated heterocycles.